The van der Waals surface area contributed by atoms with Gasteiger partial charge in [-0.2, -0.15) is 0 Å². The number of imidazole rings is 1. The molecule has 0 spiro atoms. The molecule has 0 aliphatic heterocycles. The van der Waals surface area contributed by atoms with Crippen LogP contribution >= 0.6 is 0 Å². The second-order valence-corrected chi connectivity index (χ2v) is 7.29. The molecule has 6 heteroatoms. The van der Waals surface area contributed by atoms with Gasteiger partial charge in [-0.3, -0.25) is 4.79 Å². The van der Waals surface area contributed by atoms with E-state index in [1.54, 1.807) is 19.3 Å². The third-order valence-corrected chi connectivity index (χ3v) is 5.03. The van der Waals surface area contributed by atoms with E-state index >= 15 is 0 Å². The standard InChI is InChI=1S/C25H31N3O3/c1-3-9-25(29)26-17-8-12-24-27-22-10-4-5-11-23(22)28(24)18-6-7-19-31-21-15-13-20(30-2)14-16-21/h3-5,9-11,13-16H,6-8,12,17-19H2,1-2H3,(H,26,29)/b9-3-. The molecule has 3 aromatic rings. The van der Waals surface area contributed by atoms with Gasteiger partial charge in [-0.1, -0.05) is 18.2 Å². The van der Waals surface area contributed by atoms with Crippen molar-refractivity contribution in [2.75, 3.05) is 20.3 Å². The fourth-order valence-corrected chi connectivity index (χ4v) is 3.47. The molecule has 0 aliphatic rings. The first-order valence-electron chi connectivity index (χ1n) is 10.8. The molecule has 2 aromatic carbocycles. The first-order chi connectivity index (χ1) is 15.2. The minimum absolute atomic E-state index is 0.0483. The molecule has 1 amide bonds. The van der Waals surface area contributed by atoms with Gasteiger partial charge in [0.2, 0.25) is 5.91 Å². The van der Waals surface area contributed by atoms with Crippen molar-refractivity contribution in [2.45, 2.75) is 39.2 Å². The summed E-state index contributed by atoms with van der Waals surface area (Å²) in [6.45, 7) is 4.05. The van der Waals surface area contributed by atoms with Gasteiger partial charge in [-0.25, -0.2) is 4.98 Å². The Hall–Kier alpha value is -3.28. The summed E-state index contributed by atoms with van der Waals surface area (Å²) >= 11 is 0. The maximum absolute atomic E-state index is 11.6. The Morgan fingerprint density at radius 3 is 2.61 bits per heavy atom. The molecule has 0 radical (unpaired) electrons. The number of methoxy groups -OCH3 is 1. The Kier molecular flexibility index (Phi) is 8.52. The molecule has 1 heterocycles. The molecule has 6 nitrogen and oxygen atoms in total. The first-order valence-corrected chi connectivity index (χ1v) is 10.8. The number of allylic oxidation sites excluding steroid dienone is 1. The number of fused-ring (bicyclic) bond motifs is 1. The maximum atomic E-state index is 11.6. The van der Waals surface area contributed by atoms with E-state index in [0.717, 1.165) is 60.6 Å². The number of amides is 1. The molecule has 0 atom stereocenters. The molecule has 0 saturated carbocycles. The monoisotopic (exact) mass is 421 g/mol. The second-order valence-electron chi connectivity index (χ2n) is 7.29. The number of rotatable bonds is 12. The van der Waals surface area contributed by atoms with Crippen LogP contribution in [-0.4, -0.2) is 35.7 Å². The molecule has 164 valence electrons. The van der Waals surface area contributed by atoms with Crippen LogP contribution in [0.4, 0.5) is 0 Å². The normalized spacial score (nSPS) is 11.2. The number of hydrogen-bond donors (Lipinski definition) is 1. The van der Waals surface area contributed by atoms with Gasteiger partial charge in [0, 0.05) is 19.5 Å². The van der Waals surface area contributed by atoms with E-state index in [1.165, 1.54) is 0 Å². The summed E-state index contributed by atoms with van der Waals surface area (Å²) in [6, 6.07) is 15.9. The van der Waals surface area contributed by atoms with Crippen LogP contribution in [-0.2, 0) is 17.8 Å². The summed E-state index contributed by atoms with van der Waals surface area (Å²) in [4.78, 5) is 16.4. The smallest absolute Gasteiger partial charge is 0.243 e. The van der Waals surface area contributed by atoms with E-state index in [2.05, 4.69) is 22.0 Å². The predicted octanol–water partition coefficient (Wildman–Crippen LogP) is 4.53. The Bertz CT molecular complexity index is 993. The molecular formula is C25H31N3O3. The van der Waals surface area contributed by atoms with Crippen molar-refractivity contribution in [1.82, 2.24) is 14.9 Å². The van der Waals surface area contributed by atoms with Crippen molar-refractivity contribution < 1.29 is 14.3 Å². The highest BCUT2D eigenvalue weighted by atomic mass is 16.5. The van der Waals surface area contributed by atoms with Gasteiger partial charge < -0.3 is 19.4 Å². The van der Waals surface area contributed by atoms with Gasteiger partial charge in [0.15, 0.2) is 0 Å². The lowest BCUT2D eigenvalue weighted by Gasteiger charge is -2.11. The summed E-state index contributed by atoms with van der Waals surface area (Å²) < 4.78 is 13.3. The Morgan fingerprint density at radius 2 is 1.84 bits per heavy atom. The van der Waals surface area contributed by atoms with Crippen LogP contribution in [0.3, 0.4) is 0 Å². The molecule has 0 unspecified atom stereocenters. The van der Waals surface area contributed by atoms with Crippen LogP contribution in [0, 0.1) is 0 Å². The number of nitrogens with one attached hydrogen (secondary N) is 1. The van der Waals surface area contributed by atoms with Crippen molar-refractivity contribution in [3.63, 3.8) is 0 Å². The average molecular weight is 422 g/mol. The molecule has 0 bridgehead atoms. The highest BCUT2D eigenvalue weighted by Gasteiger charge is 2.10. The summed E-state index contributed by atoms with van der Waals surface area (Å²) in [5.41, 5.74) is 2.18. The quantitative estimate of drug-likeness (QED) is 0.345. The lowest BCUT2D eigenvalue weighted by Crippen LogP contribution is -2.22. The van der Waals surface area contributed by atoms with Crippen LogP contribution in [0.2, 0.25) is 0 Å². The zero-order valence-corrected chi connectivity index (χ0v) is 18.3. The molecule has 0 aliphatic carbocycles. The first kappa shape index (κ1) is 22.4. The number of aryl methyl sites for hydroxylation is 2. The van der Waals surface area contributed by atoms with Crippen LogP contribution < -0.4 is 14.8 Å². The van der Waals surface area contributed by atoms with Crippen molar-refractivity contribution in [1.29, 1.82) is 0 Å². The van der Waals surface area contributed by atoms with E-state index < -0.39 is 0 Å². The number of carbonyl (C=O) groups excluding carboxylic acids is 1. The Balaban J connectivity index is 1.51. The summed E-state index contributed by atoms with van der Waals surface area (Å²) in [5.74, 6) is 2.70. The van der Waals surface area contributed by atoms with Gasteiger partial charge >= 0.3 is 0 Å². The highest BCUT2D eigenvalue weighted by Crippen LogP contribution is 2.19. The van der Waals surface area contributed by atoms with Crippen molar-refractivity contribution in [2.24, 2.45) is 0 Å². The lowest BCUT2D eigenvalue weighted by atomic mass is 10.2. The molecule has 1 aromatic heterocycles. The van der Waals surface area contributed by atoms with Crippen LogP contribution in [0.25, 0.3) is 11.0 Å². The van der Waals surface area contributed by atoms with Crippen molar-refractivity contribution in [3.8, 4) is 11.5 Å². The molecular weight excluding hydrogens is 390 g/mol. The zero-order valence-electron chi connectivity index (χ0n) is 18.3. The number of ether oxygens (including phenoxy) is 2. The van der Waals surface area contributed by atoms with Crippen LogP contribution in [0.1, 0.15) is 32.0 Å². The largest absolute Gasteiger partial charge is 0.497 e. The Labute approximate surface area is 183 Å². The van der Waals surface area contributed by atoms with E-state index in [0.29, 0.717) is 13.2 Å². The molecule has 3 rings (SSSR count). The van der Waals surface area contributed by atoms with E-state index in [1.807, 2.05) is 43.3 Å². The molecule has 0 fully saturated rings. The fourth-order valence-electron chi connectivity index (χ4n) is 3.47. The number of hydrogen-bond acceptors (Lipinski definition) is 4. The number of nitrogens with zero attached hydrogens (tertiary/aromatic N) is 2. The fraction of sp³-hybridized carbons (Fsp3) is 0.360. The molecule has 0 saturated heterocycles. The van der Waals surface area contributed by atoms with Crippen molar-refractivity contribution >= 4 is 16.9 Å². The Morgan fingerprint density at radius 1 is 1.06 bits per heavy atom. The SMILES string of the molecule is C/C=C\C(=O)NCCCc1nc2ccccc2n1CCCCOc1ccc(OC)cc1. The number of aromatic nitrogens is 2. The number of unbranched alkanes of at least 4 members (excludes halogenated alkanes) is 1. The third-order valence-electron chi connectivity index (χ3n) is 5.03. The molecule has 31 heavy (non-hydrogen) atoms. The van der Waals surface area contributed by atoms with E-state index in [4.69, 9.17) is 14.5 Å². The lowest BCUT2D eigenvalue weighted by molar-refractivity contribution is -0.116. The van der Waals surface area contributed by atoms with E-state index in [9.17, 15) is 4.79 Å². The van der Waals surface area contributed by atoms with Gasteiger partial charge in [0.1, 0.15) is 17.3 Å². The minimum Gasteiger partial charge on any atom is -0.497 e. The third kappa shape index (κ3) is 6.60. The van der Waals surface area contributed by atoms with Gasteiger partial charge in [-0.05, 0) is 68.7 Å². The minimum atomic E-state index is -0.0483. The number of benzene rings is 2. The predicted molar refractivity (Wildman–Crippen MR) is 124 cm³/mol. The summed E-state index contributed by atoms with van der Waals surface area (Å²) in [7, 11) is 1.66. The van der Waals surface area contributed by atoms with Crippen molar-refractivity contribution in [3.05, 3.63) is 66.5 Å². The van der Waals surface area contributed by atoms with Gasteiger partial charge in [0.05, 0.1) is 24.8 Å². The second kappa shape index (κ2) is 11.8. The summed E-state index contributed by atoms with van der Waals surface area (Å²) in [6.07, 6.45) is 6.93. The zero-order chi connectivity index (χ0) is 21.9. The van der Waals surface area contributed by atoms with E-state index in [-0.39, 0.29) is 5.91 Å². The average Bonchev–Trinajstić information content (AvgIpc) is 3.14. The topological polar surface area (TPSA) is 65.4 Å². The van der Waals surface area contributed by atoms with Gasteiger partial charge in [0.25, 0.3) is 0 Å². The highest BCUT2D eigenvalue weighted by molar-refractivity contribution is 5.87. The van der Waals surface area contributed by atoms with Gasteiger partial charge in [-0.15, -0.1) is 0 Å². The number of para-hydroxylation sites is 2. The summed E-state index contributed by atoms with van der Waals surface area (Å²) in [5, 5.41) is 2.90. The van der Waals surface area contributed by atoms with Crippen LogP contribution in [0.15, 0.2) is 60.7 Å². The maximum Gasteiger partial charge on any atom is 0.243 e. The molecule has 1 N–H and O–H groups in total. The number of carbonyl (C=O) groups is 1. The van der Waals surface area contributed by atoms with Crippen LogP contribution in [0.5, 0.6) is 11.5 Å².